The lowest BCUT2D eigenvalue weighted by Crippen LogP contribution is -2.14. The van der Waals surface area contributed by atoms with E-state index in [9.17, 15) is 13.2 Å². The molecule has 0 aliphatic heterocycles. The van der Waals surface area contributed by atoms with Crippen LogP contribution >= 0.6 is 0 Å². The van der Waals surface area contributed by atoms with Gasteiger partial charge in [0.15, 0.2) is 15.5 Å². The van der Waals surface area contributed by atoms with Crippen LogP contribution in [-0.2, 0) is 16.4 Å². The molecule has 3 aromatic carbocycles. The van der Waals surface area contributed by atoms with Crippen LogP contribution in [0, 0.1) is 13.8 Å². The fourth-order valence-corrected chi connectivity index (χ4v) is 4.07. The first-order valence-corrected chi connectivity index (χ1v) is 11.7. The summed E-state index contributed by atoms with van der Waals surface area (Å²) < 4.78 is 25.1. The van der Waals surface area contributed by atoms with E-state index in [4.69, 9.17) is 0 Å². The van der Waals surface area contributed by atoms with Crippen molar-refractivity contribution < 1.29 is 13.2 Å². The van der Waals surface area contributed by atoms with Gasteiger partial charge in [-0.2, -0.15) is 5.10 Å². The van der Waals surface area contributed by atoms with Gasteiger partial charge in [-0.25, -0.2) is 8.42 Å². The van der Waals surface area contributed by atoms with Gasteiger partial charge in [-0.3, -0.25) is 9.48 Å². The molecule has 0 fully saturated rings. The predicted molar refractivity (Wildman–Crippen MR) is 122 cm³/mol. The van der Waals surface area contributed by atoms with E-state index in [0.717, 1.165) is 33.3 Å². The summed E-state index contributed by atoms with van der Waals surface area (Å²) in [7, 11) is -3.25. The first-order valence-electron chi connectivity index (χ1n) is 9.85. The number of carbonyl (C=O) groups excluding carboxylic acids is 1. The van der Waals surface area contributed by atoms with E-state index < -0.39 is 9.84 Å². The van der Waals surface area contributed by atoms with Gasteiger partial charge in [0.25, 0.3) is 5.91 Å². The Morgan fingerprint density at radius 3 is 2.35 bits per heavy atom. The van der Waals surface area contributed by atoms with Crippen LogP contribution < -0.4 is 5.32 Å². The number of carbonyl (C=O) groups is 1. The van der Waals surface area contributed by atoms with Crippen molar-refractivity contribution in [3.05, 3.63) is 89.1 Å². The molecule has 1 aromatic heterocycles. The van der Waals surface area contributed by atoms with Crippen molar-refractivity contribution in [1.82, 2.24) is 9.78 Å². The zero-order valence-corrected chi connectivity index (χ0v) is 18.4. The molecule has 0 radical (unpaired) electrons. The number of para-hydroxylation sites is 1. The maximum atomic E-state index is 13.0. The van der Waals surface area contributed by atoms with E-state index in [1.165, 1.54) is 6.26 Å². The van der Waals surface area contributed by atoms with Crippen molar-refractivity contribution in [3.63, 3.8) is 0 Å². The maximum absolute atomic E-state index is 13.0. The Labute approximate surface area is 181 Å². The molecule has 158 valence electrons. The summed E-state index contributed by atoms with van der Waals surface area (Å²) in [5, 5.41) is 8.28. The molecule has 0 spiro atoms. The number of aryl methyl sites for hydroxylation is 2. The lowest BCUT2D eigenvalue weighted by atomic mass is 10.1. The molecule has 0 aliphatic carbocycles. The average molecular weight is 434 g/mol. The van der Waals surface area contributed by atoms with Crippen molar-refractivity contribution in [1.29, 1.82) is 0 Å². The number of amides is 1. The number of anilines is 1. The summed E-state index contributed by atoms with van der Waals surface area (Å²) in [5.41, 5.74) is 5.06. The maximum Gasteiger partial charge on any atom is 0.276 e. The zero-order chi connectivity index (χ0) is 22.2. The normalized spacial score (nSPS) is 11.6. The van der Waals surface area contributed by atoms with Crippen molar-refractivity contribution in [2.24, 2.45) is 0 Å². The highest BCUT2D eigenvalue weighted by molar-refractivity contribution is 7.90. The van der Waals surface area contributed by atoms with Gasteiger partial charge in [0.05, 0.1) is 17.0 Å². The Bertz CT molecular complexity index is 1390. The minimum atomic E-state index is -3.25. The van der Waals surface area contributed by atoms with E-state index >= 15 is 0 Å². The van der Waals surface area contributed by atoms with Crippen LogP contribution in [0.5, 0.6) is 0 Å². The second-order valence-corrected chi connectivity index (χ2v) is 9.71. The first-order chi connectivity index (χ1) is 14.7. The summed E-state index contributed by atoms with van der Waals surface area (Å²) in [6.07, 6.45) is 1.18. The van der Waals surface area contributed by atoms with E-state index in [2.05, 4.69) is 10.4 Å². The number of aromatic nitrogens is 2. The van der Waals surface area contributed by atoms with Gasteiger partial charge in [0.1, 0.15) is 0 Å². The highest BCUT2D eigenvalue weighted by Crippen LogP contribution is 2.22. The van der Waals surface area contributed by atoms with Gasteiger partial charge >= 0.3 is 0 Å². The minimum absolute atomic E-state index is 0.273. The van der Waals surface area contributed by atoms with Crippen LogP contribution in [-0.4, -0.2) is 30.4 Å². The Balaban J connectivity index is 1.65. The van der Waals surface area contributed by atoms with Crippen molar-refractivity contribution in [2.45, 2.75) is 25.3 Å². The number of hydrogen-bond donors (Lipinski definition) is 1. The van der Waals surface area contributed by atoms with Crippen LogP contribution in [0.15, 0.2) is 71.6 Å². The van der Waals surface area contributed by atoms with Crippen LogP contribution in [0.1, 0.15) is 27.2 Å². The van der Waals surface area contributed by atoms with E-state index in [1.807, 2.05) is 56.3 Å². The summed E-state index contributed by atoms with van der Waals surface area (Å²) in [4.78, 5) is 13.3. The molecule has 1 amide bonds. The van der Waals surface area contributed by atoms with Crippen molar-refractivity contribution >= 4 is 32.3 Å². The first kappa shape index (κ1) is 20.8. The number of rotatable bonds is 5. The molecule has 0 unspecified atom stereocenters. The Morgan fingerprint density at radius 2 is 1.68 bits per heavy atom. The summed E-state index contributed by atoms with van der Waals surface area (Å²) in [6.45, 7) is 4.45. The molecular formula is C24H23N3O3S. The lowest BCUT2D eigenvalue weighted by molar-refractivity contribution is 0.102. The van der Waals surface area contributed by atoms with Crippen LogP contribution in [0.25, 0.3) is 10.9 Å². The fraction of sp³-hybridized carbons (Fsp3) is 0.167. The topological polar surface area (TPSA) is 81.1 Å². The second-order valence-electron chi connectivity index (χ2n) is 7.69. The highest BCUT2D eigenvalue weighted by atomic mass is 32.2. The van der Waals surface area contributed by atoms with Gasteiger partial charge in [-0.05, 0) is 60.9 Å². The van der Waals surface area contributed by atoms with E-state index in [0.29, 0.717) is 12.2 Å². The smallest absolute Gasteiger partial charge is 0.276 e. The summed E-state index contributed by atoms with van der Waals surface area (Å²) >= 11 is 0. The molecule has 0 saturated carbocycles. The number of nitrogens with zero attached hydrogens (tertiary/aromatic N) is 2. The summed E-state index contributed by atoms with van der Waals surface area (Å²) in [6, 6.07) is 20.1. The average Bonchev–Trinajstić information content (AvgIpc) is 3.09. The minimum Gasteiger partial charge on any atom is -0.321 e. The molecule has 7 heteroatoms. The molecule has 1 heterocycles. The molecule has 1 N–H and O–H groups in total. The largest absolute Gasteiger partial charge is 0.321 e. The number of benzene rings is 3. The number of sulfone groups is 1. The highest BCUT2D eigenvalue weighted by Gasteiger charge is 2.18. The molecule has 0 bridgehead atoms. The summed E-state index contributed by atoms with van der Waals surface area (Å²) in [5.74, 6) is -0.273. The molecule has 4 aromatic rings. The fourth-order valence-electron chi connectivity index (χ4n) is 3.44. The van der Waals surface area contributed by atoms with Crippen molar-refractivity contribution in [2.75, 3.05) is 11.6 Å². The Kier molecular flexibility index (Phi) is 5.37. The molecular weight excluding hydrogens is 410 g/mol. The van der Waals surface area contributed by atoms with Crippen LogP contribution in [0.3, 0.4) is 0 Å². The van der Waals surface area contributed by atoms with Gasteiger partial charge in [0.2, 0.25) is 0 Å². The van der Waals surface area contributed by atoms with Crippen LogP contribution in [0.2, 0.25) is 0 Å². The van der Waals surface area contributed by atoms with Crippen molar-refractivity contribution in [3.8, 4) is 0 Å². The van der Waals surface area contributed by atoms with Gasteiger partial charge in [0, 0.05) is 17.3 Å². The van der Waals surface area contributed by atoms with E-state index in [1.54, 1.807) is 28.9 Å². The van der Waals surface area contributed by atoms with E-state index in [-0.39, 0.29) is 10.8 Å². The molecule has 6 nitrogen and oxygen atoms in total. The quantitative estimate of drug-likeness (QED) is 0.507. The predicted octanol–water partition coefficient (Wildman–Crippen LogP) is 4.36. The molecule has 4 rings (SSSR count). The van der Waals surface area contributed by atoms with Gasteiger partial charge in [-0.1, -0.05) is 36.4 Å². The SMILES string of the molecule is Cc1ccc(NC(=O)c2nn(Cc3ccc(S(C)(=O)=O)cc3)c3ccccc23)cc1C. The third kappa shape index (κ3) is 4.36. The number of hydrogen-bond acceptors (Lipinski definition) is 4. The second kappa shape index (κ2) is 8.00. The third-order valence-electron chi connectivity index (χ3n) is 5.32. The Morgan fingerprint density at radius 1 is 0.968 bits per heavy atom. The van der Waals surface area contributed by atoms with Gasteiger partial charge < -0.3 is 5.32 Å². The van der Waals surface area contributed by atoms with Crippen LogP contribution in [0.4, 0.5) is 5.69 Å². The number of fused-ring (bicyclic) bond motifs is 1. The zero-order valence-electron chi connectivity index (χ0n) is 17.6. The molecule has 0 aliphatic rings. The molecule has 0 saturated heterocycles. The number of nitrogens with one attached hydrogen (secondary N) is 1. The van der Waals surface area contributed by atoms with Gasteiger partial charge in [-0.15, -0.1) is 0 Å². The standard InChI is InChI=1S/C24H23N3O3S/c1-16-8-11-19(14-17(16)2)25-24(28)23-21-6-4-5-7-22(21)27(26-23)15-18-9-12-20(13-10-18)31(3,29)30/h4-14H,15H2,1-3H3,(H,25,28). The Hall–Kier alpha value is -3.45. The molecule has 31 heavy (non-hydrogen) atoms. The third-order valence-corrected chi connectivity index (χ3v) is 6.45. The lowest BCUT2D eigenvalue weighted by Gasteiger charge is -2.07. The monoisotopic (exact) mass is 433 g/mol. The molecule has 0 atom stereocenters.